The Morgan fingerprint density at radius 2 is 1.94 bits per heavy atom. The first-order chi connectivity index (χ1) is 8.62. The second-order valence-electron chi connectivity index (χ2n) is 5.13. The fraction of sp³-hybridized carbons (Fsp3) is 1.00. The Bertz CT molecular complexity index is 356. The maximum atomic E-state index is 12.1. The summed E-state index contributed by atoms with van der Waals surface area (Å²) in [5, 5.41) is 0. The summed E-state index contributed by atoms with van der Waals surface area (Å²) in [6.07, 6.45) is 3.84. The normalized spacial score (nSPS) is 24.1. The quantitative estimate of drug-likeness (QED) is 0.675. The van der Waals surface area contributed by atoms with Crippen LogP contribution in [0.5, 0.6) is 0 Å². The zero-order valence-corrected chi connectivity index (χ0v) is 11.7. The van der Waals surface area contributed by atoms with E-state index in [1.54, 1.807) is 4.31 Å². The van der Waals surface area contributed by atoms with Gasteiger partial charge < -0.3 is 10.6 Å². The zero-order valence-electron chi connectivity index (χ0n) is 10.8. The minimum Gasteiger partial charge on any atom is -0.330 e. The van der Waals surface area contributed by atoms with Crippen molar-refractivity contribution < 1.29 is 8.42 Å². The molecule has 2 rings (SSSR count). The molecule has 3 N–H and O–H groups in total. The summed E-state index contributed by atoms with van der Waals surface area (Å²) in [6.45, 7) is 4.66. The molecule has 0 aromatic heterocycles. The van der Waals surface area contributed by atoms with E-state index in [1.807, 2.05) is 0 Å². The average molecular weight is 276 g/mol. The van der Waals surface area contributed by atoms with Gasteiger partial charge in [0.2, 0.25) is 0 Å². The van der Waals surface area contributed by atoms with Crippen LogP contribution >= 0.6 is 0 Å². The van der Waals surface area contributed by atoms with E-state index in [1.165, 1.54) is 0 Å². The third-order valence-corrected chi connectivity index (χ3v) is 5.13. The summed E-state index contributed by atoms with van der Waals surface area (Å²) in [4.78, 5) is 2.31. The summed E-state index contributed by atoms with van der Waals surface area (Å²) in [7, 11) is -3.26. The van der Waals surface area contributed by atoms with Crippen molar-refractivity contribution in [1.29, 1.82) is 0 Å². The Morgan fingerprint density at radius 3 is 2.61 bits per heavy atom. The van der Waals surface area contributed by atoms with Gasteiger partial charge in [0.15, 0.2) is 0 Å². The largest absolute Gasteiger partial charge is 0.330 e. The second-order valence-corrected chi connectivity index (χ2v) is 6.84. The SMILES string of the molecule is NCCCN1CCCN(S(=O)(=O)NC2CC2)CC1. The standard InChI is InChI=1S/C11H24N4O2S/c12-5-1-6-14-7-2-8-15(10-9-14)18(16,17)13-11-3-4-11/h11,13H,1-10,12H2. The molecular formula is C11H24N4O2S. The highest BCUT2D eigenvalue weighted by atomic mass is 32.2. The van der Waals surface area contributed by atoms with Crippen LogP contribution in [0.1, 0.15) is 25.7 Å². The molecule has 18 heavy (non-hydrogen) atoms. The number of rotatable bonds is 6. The first kappa shape index (κ1) is 14.2. The fourth-order valence-corrected chi connectivity index (χ4v) is 3.71. The van der Waals surface area contributed by atoms with Crippen LogP contribution in [0, 0.1) is 0 Å². The molecule has 0 aromatic carbocycles. The molecule has 0 bridgehead atoms. The number of hydrogen-bond acceptors (Lipinski definition) is 4. The van der Waals surface area contributed by atoms with Gasteiger partial charge in [-0.15, -0.1) is 0 Å². The molecule has 0 unspecified atom stereocenters. The minimum atomic E-state index is -3.26. The number of nitrogens with one attached hydrogen (secondary N) is 1. The molecule has 1 saturated heterocycles. The summed E-state index contributed by atoms with van der Waals surface area (Å²) >= 11 is 0. The zero-order chi connectivity index (χ0) is 13.0. The predicted molar refractivity (Wildman–Crippen MR) is 71.4 cm³/mol. The van der Waals surface area contributed by atoms with E-state index in [0.717, 1.165) is 45.3 Å². The molecule has 1 aliphatic carbocycles. The number of nitrogens with zero attached hydrogens (tertiary/aromatic N) is 2. The van der Waals surface area contributed by atoms with E-state index >= 15 is 0 Å². The van der Waals surface area contributed by atoms with Gasteiger partial charge in [0.1, 0.15) is 0 Å². The van der Waals surface area contributed by atoms with Gasteiger partial charge in [0.05, 0.1) is 0 Å². The van der Waals surface area contributed by atoms with Gasteiger partial charge in [0, 0.05) is 25.7 Å². The first-order valence-electron chi connectivity index (χ1n) is 6.81. The van der Waals surface area contributed by atoms with E-state index in [4.69, 9.17) is 5.73 Å². The number of nitrogens with two attached hydrogens (primary N) is 1. The van der Waals surface area contributed by atoms with Crippen molar-refractivity contribution in [2.45, 2.75) is 31.7 Å². The lowest BCUT2D eigenvalue weighted by atomic mass is 10.3. The van der Waals surface area contributed by atoms with Crippen LogP contribution in [0.15, 0.2) is 0 Å². The molecule has 2 fully saturated rings. The summed E-state index contributed by atoms with van der Waals surface area (Å²) in [6, 6.07) is 0.187. The second kappa shape index (κ2) is 6.29. The Labute approximate surface area is 110 Å². The minimum absolute atomic E-state index is 0.187. The van der Waals surface area contributed by atoms with E-state index in [2.05, 4.69) is 9.62 Å². The van der Waals surface area contributed by atoms with Gasteiger partial charge in [-0.05, 0) is 45.3 Å². The Morgan fingerprint density at radius 1 is 1.17 bits per heavy atom. The van der Waals surface area contributed by atoms with Gasteiger partial charge in [-0.25, -0.2) is 0 Å². The van der Waals surface area contributed by atoms with Crippen LogP contribution in [0.4, 0.5) is 0 Å². The molecule has 6 nitrogen and oxygen atoms in total. The van der Waals surface area contributed by atoms with Crippen molar-refractivity contribution in [3.8, 4) is 0 Å². The van der Waals surface area contributed by atoms with Crippen molar-refractivity contribution in [2.75, 3.05) is 39.3 Å². The van der Waals surface area contributed by atoms with E-state index in [-0.39, 0.29) is 6.04 Å². The molecule has 106 valence electrons. The van der Waals surface area contributed by atoms with E-state index < -0.39 is 10.2 Å². The summed E-state index contributed by atoms with van der Waals surface area (Å²) in [5.74, 6) is 0. The van der Waals surface area contributed by atoms with Gasteiger partial charge in [-0.1, -0.05) is 0 Å². The summed E-state index contributed by atoms with van der Waals surface area (Å²) in [5.41, 5.74) is 5.50. The maximum Gasteiger partial charge on any atom is 0.279 e. The highest BCUT2D eigenvalue weighted by Crippen LogP contribution is 2.21. The summed E-state index contributed by atoms with van der Waals surface area (Å²) < 4.78 is 28.5. The highest BCUT2D eigenvalue weighted by molar-refractivity contribution is 7.87. The third-order valence-electron chi connectivity index (χ3n) is 3.46. The monoisotopic (exact) mass is 276 g/mol. The lowest BCUT2D eigenvalue weighted by molar-refractivity contribution is 0.284. The van der Waals surface area contributed by atoms with Gasteiger partial charge >= 0.3 is 0 Å². The first-order valence-corrected chi connectivity index (χ1v) is 8.25. The predicted octanol–water partition coefficient (Wildman–Crippen LogP) is -0.660. The maximum absolute atomic E-state index is 12.1. The molecule has 0 amide bonds. The molecule has 2 aliphatic rings. The molecule has 1 heterocycles. The van der Waals surface area contributed by atoms with Gasteiger partial charge in [0.25, 0.3) is 10.2 Å². The van der Waals surface area contributed by atoms with Gasteiger partial charge in [-0.3, -0.25) is 0 Å². The molecule has 7 heteroatoms. The number of hydrogen-bond donors (Lipinski definition) is 2. The lowest BCUT2D eigenvalue weighted by Crippen LogP contribution is -2.43. The van der Waals surface area contributed by atoms with Crippen molar-refractivity contribution >= 4 is 10.2 Å². The Kier molecular flexibility index (Phi) is 4.97. The molecule has 0 spiro atoms. The highest BCUT2D eigenvalue weighted by Gasteiger charge is 2.31. The van der Waals surface area contributed by atoms with Crippen LogP contribution in [0.3, 0.4) is 0 Å². The van der Waals surface area contributed by atoms with Crippen LogP contribution < -0.4 is 10.5 Å². The third kappa shape index (κ3) is 4.17. The van der Waals surface area contributed by atoms with Crippen LogP contribution in [0.25, 0.3) is 0 Å². The van der Waals surface area contributed by atoms with Crippen molar-refractivity contribution in [3.05, 3.63) is 0 Å². The van der Waals surface area contributed by atoms with Crippen molar-refractivity contribution in [2.24, 2.45) is 5.73 Å². The molecular weight excluding hydrogens is 252 g/mol. The topological polar surface area (TPSA) is 78.7 Å². The van der Waals surface area contributed by atoms with Crippen LogP contribution in [-0.2, 0) is 10.2 Å². The molecule has 0 radical (unpaired) electrons. The molecule has 0 atom stereocenters. The van der Waals surface area contributed by atoms with Crippen LogP contribution in [-0.4, -0.2) is 62.9 Å². The van der Waals surface area contributed by atoms with Crippen LogP contribution in [0.2, 0.25) is 0 Å². The lowest BCUT2D eigenvalue weighted by Gasteiger charge is -2.21. The smallest absolute Gasteiger partial charge is 0.279 e. The van der Waals surface area contributed by atoms with E-state index in [9.17, 15) is 8.42 Å². The molecule has 1 aliphatic heterocycles. The Balaban J connectivity index is 1.83. The van der Waals surface area contributed by atoms with Gasteiger partial charge in [-0.2, -0.15) is 17.4 Å². The fourth-order valence-electron chi connectivity index (χ4n) is 2.21. The molecule has 0 aromatic rings. The Hall–Kier alpha value is -0.210. The van der Waals surface area contributed by atoms with Crippen molar-refractivity contribution in [1.82, 2.24) is 13.9 Å². The van der Waals surface area contributed by atoms with Crippen molar-refractivity contribution in [3.63, 3.8) is 0 Å². The average Bonchev–Trinajstić information content (AvgIpc) is 3.12. The van der Waals surface area contributed by atoms with E-state index in [0.29, 0.717) is 19.6 Å². The molecule has 1 saturated carbocycles.